The Bertz CT molecular complexity index is 957. The summed E-state index contributed by atoms with van der Waals surface area (Å²) in [5.41, 5.74) is 16.2. The van der Waals surface area contributed by atoms with Gasteiger partial charge in [0.15, 0.2) is 10.9 Å². The molecule has 0 unspecified atom stereocenters. The fourth-order valence-corrected chi connectivity index (χ4v) is 3.05. The zero-order valence-corrected chi connectivity index (χ0v) is 12.3. The van der Waals surface area contributed by atoms with E-state index >= 15 is 0 Å². The molecule has 0 fully saturated rings. The summed E-state index contributed by atoms with van der Waals surface area (Å²) in [5, 5.41) is 6.75. The van der Waals surface area contributed by atoms with E-state index in [0.717, 1.165) is 28.0 Å². The van der Waals surface area contributed by atoms with Crippen molar-refractivity contribution in [3.63, 3.8) is 0 Å². The second-order valence-electron chi connectivity index (χ2n) is 4.79. The minimum Gasteiger partial charge on any atom is -0.382 e. The normalized spacial score (nSPS) is 11.1. The van der Waals surface area contributed by atoms with Crippen molar-refractivity contribution in [1.29, 1.82) is 0 Å². The zero-order valence-electron chi connectivity index (χ0n) is 11.5. The van der Waals surface area contributed by atoms with Crippen molar-refractivity contribution < 1.29 is 0 Å². The van der Waals surface area contributed by atoms with Gasteiger partial charge < -0.3 is 11.5 Å². The molecule has 0 amide bonds. The maximum absolute atomic E-state index is 6.08. The molecule has 4 N–H and O–H groups in total. The molecule has 0 spiro atoms. The molecule has 0 saturated carbocycles. The number of fused-ring (bicyclic) bond motifs is 1. The van der Waals surface area contributed by atoms with Gasteiger partial charge in [0.25, 0.3) is 0 Å². The molecule has 4 rings (SSSR count). The fraction of sp³-hybridized carbons (Fsp3) is 0. The van der Waals surface area contributed by atoms with Crippen LogP contribution in [0.4, 0.5) is 10.9 Å². The number of anilines is 2. The summed E-state index contributed by atoms with van der Waals surface area (Å²) >= 11 is 1.40. The number of nitrogen functional groups attached to an aromatic ring is 2. The van der Waals surface area contributed by atoms with Crippen molar-refractivity contribution in [2.24, 2.45) is 0 Å². The highest BCUT2D eigenvalue weighted by Gasteiger charge is 2.17. The van der Waals surface area contributed by atoms with Crippen LogP contribution in [0.25, 0.3) is 28.0 Å². The lowest BCUT2D eigenvalue weighted by Crippen LogP contribution is -2.00. The van der Waals surface area contributed by atoms with Crippen LogP contribution in [0.5, 0.6) is 0 Å². The van der Waals surface area contributed by atoms with E-state index in [1.54, 1.807) is 4.52 Å². The van der Waals surface area contributed by atoms with Crippen LogP contribution in [-0.2, 0) is 0 Å². The third kappa shape index (κ3) is 1.91. The summed E-state index contributed by atoms with van der Waals surface area (Å²) in [6, 6.07) is 12.0. The highest BCUT2D eigenvalue weighted by molar-refractivity contribution is 7.13. The number of hydrogen-bond donors (Lipinski definition) is 2. The average molecular weight is 308 g/mol. The fourth-order valence-electron chi connectivity index (χ4n) is 2.49. The Hall–Kier alpha value is -2.93. The standard InChI is InChI=1S/C15H12N6S/c16-14-13-10(9-4-2-1-3-5-9)6-12(21(13)19-8-18-14)11-7-22-15(17)20-11/h1-8H,(H2,17,20)(H2,16,18,19). The van der Waals surface area contributed by atoms with Gasteiger partial charge in [-0.1, -0.05) is 30.3 Å². The summed E-state index contributed by atoms with van der Waals surface area (Å²) in [4.78, 5) is 8.45. The van der Waals surface area contributed by atoms with Crippen molar-refractivity contribution in [1.82, 2.24) is 19.6 Å². The number of aromatic nitrogens is 4. The first-order chi connectivity index (χ1) is 10.7. The highest BCUT2D eigenvalue weighted by atomic mass is 32.1. The van der Waals surface area contributed by atoms with Crippen LogP contribution in [0.3, 0.4) is 0 Å². The van der Waals surface area contributed by atoms with Crippen LogP contribution in [0.1, 0.15) is 0 Å². The molecule has 0 bridgehead atoms. The minimum atomic E-state index is 0.434. The molecule has 0 radical (unpaired) electrons. The van der Waals surface area contributed by atoms with Crippen molar-refractivity contribution >= 4 is 27.8 Å². The third-order valence-electron chi connectivity index (χ3n) is 3.45. The molecular formula is C15H12N6S. The first-order valence-electron chi connectivity index (χ1n) is 6.63. The van der Waals surface area contributed by atoms with Crippen LogP contribution in [0.2, 0.25) is 0 Å². The molecule has 3 heterocycles. The van der Waals surface area contributed by atoms with Gasteiger partial charge in [0.05, 0.1) is 5.69 Å². The van der Waals surface area contributed by atoms with Crippen molar-refractivity contribution in [2.45, 2.75) is 0 Å². The van der Waals surface area contributed by atoms with Gasteiger partial charge >= 0.3 is 0 Å². The molecule has 3 aromatic heterocycles. The van der Waals surface area contributed by atoms with Gasteiger partial charge in [0.2, 0.25) is 0 Å². The molecule has 108 valence electrons. The Kier molecular flexibility index (Phi) is 2.80. The lowest BCUT2D eigenvalue weighted by Gasteiger charge is -2.02. The predicted molar refractivity (Wildman–Crippen MR) is 88.4 cm³/mol. The Morgan fingerprint density at radius 2 is 1.91 bits per heavy atom. The van der Waals surface area contributed by atoms with Crippen molar-refractivity contribution in [2.75, 3.05) is 11.5 Å². The lowest BCUT2D eigenvalue weighted by atomic mass is 10.1. The maximum Gasteiger partial charge on any atom is 0.180 e. The first-order valence-corrected chi connectivity index (χ1v) is 7.51. The lowest BCUT2D eigenvalue weighted by molar-refractivity contribution is 0.912. The predicted octanol–water partition coefficient (Wildman–Crippen LogP) is 2.68. The molecule has 7 heteroatoms. The molecule has 6 nitrogen and oxygen atoms in total. The van der Waals surface area contributed by atoms with E-state index < -0.39 is 0 Å². The molecule has 0 saturated heterocycles. The summed E-state index contributed by atoms with van der Waals surface area (Å²) in [5.74, 6) is 0.434. The smallest absolute Gasteiger partial charge is 0.180 e. The molecule has 0 aliphatic rings. The monoisotopic (exact) mass is 308 g/mol. The van der Waals surface area contributed by atoms with Gasteiger partial charge in [-0.05, 0) is 11.6 Å². The van der Waals surface area contributed by atoms with Crippen molar-refractivity contribution in [3.8, 4) is 22.5 Å². The van der Waals surface area contributed by atoms with Crippen LogP contribution >= 0.6 is 11.3 Å². The SMILES string of the molecule is Nc1nc(-c2cc(-c3ccccc3)c3c(N)ncnn23)cs1. The van der Waals surface area contributed by atoms with E-state index in [1.165, 1.54) is 17.7 Å². The number of nitrogens with zero attached hydrogens (tertiary/aromatic N) is 4. The minimum absolute atomic E-state index is 0.434. The number of benzene rings is 1. The second-order valence-corrected chi connectivity index (χ2v) is 5.68. The Morgan fingerprint density at radius 1 is 1.09 bits per heavy atom. The van der Waals surface area contributed by atoms with E-state index in [4.69, 9.17) is 11.5 Å². The summed E-state index contributed by atoms with van der Waals surface area (Å²) in [7, 11) is 0. The molecular weight excluding hydrogens is 296 g/mol. The second kappa shape index (κ2) is 4.81. The van der Waals surface area contributed by atoms with E-state index in [-0.39, 0.29) is 0 Å². The first kappa shape index (κ1) is 12.8. The Labute approximate surface area is 130 Å². The summed E-state index contributed by atoms with van der Waals surface area (Å²) in [6.45, 7) is 0. The summed E-state index contributed by atoms with van der Waals surface area (Å²) in [6.07, 6.45) is 1.44. The van der Waals surface area contributed by atoms with Crippen LogP contribution in [0.15, 0.2) is 48.1 Å². The number of hydrogen-bond acceptors (Lipinski definition) is 6. The molecule has 0 aliphatic carbocycles. The third-order valence-corrected chi connectivity index (χ3v) is 4.13. The number of thiazole rings is 1. The van der Waals surface area contributed by atoms with E-state index in [2.05, 4.69) is 15.1 Å². The highest BCUT2D eigenvalue weighted by Crippen LogP contribution is 2.34. The Balaban J connectivity index is 2.06. The van der Waals surface area contributed by atoms with E-state index in [1.807, 2.05) is 41.8 Å². The molecule has 1 aromatic carbocycles. The average Bonchev–Trinajstić information content (AvgIpc) is 3.13. The molecule has 4 aromatic rings. The van der Waals surface area contributed by atoms with Gasteiger partial charge in [0, 0.05) is 10.9 Å². The van der Waals surface area contributed by atoms with Gasteiger partial charge in [-0.15, -0.1) is 11.3 Å². The van der Waals surface area contributed by atoms with Gasteiger partial charge in [0.1, 0.15) is 17.5 Å². The molecule has 22 heavy (non-hydrogen) atoms. The Morgan fingerprint density at radius 3 is 2.64 bits per heavy atom. The number of nitrogens with two attached hydrogens (primary N) is 2. The number of rotatable bonds is 2. The van der Waals surface area contributed by atoms with E-state index in [9.17, 15) is 0 Å². The van der Waals surface area contributed by atoms with E-state index in [0.29, 0.717) is 10.9 Å². The topological polar surface area (TPSA) is 95.1 Å². The van der Waals surface area contributed by atoms with Gasteiger partial charge in [-0.2, -0.15) is 5.10 Å². The maximum atomic E-state index is 6.08. The van der Waals surface area contributed by atoms with Crippen LogP contribution < -0.4 is 11.5 Å². The van der Waals surface area contributed by atoms with Crippen molar-refractivity contribution in [3.05, 3.63) is 48.1 Å². The zero-order chi connectivity index (χ0) is 15.1. The quantitative estimate of drug-likeness (QED) is 0.593. The molecule has 0 atom stereocenters. The molecule has 0 aliphatic heterocycles. The summed E-state index contributed by atoms with van der Waals surface area (Å²) < 4.78 is 1.76. The van der Waals surface area contributed by atoms with Gasteiger partial charge in [-0.3, -0.25) is 0 Å². The van der Waals surface area contributed by atoms with Crippen LogP contribution in [-0.4, -0.2) is 19.6 Å². The van der Waals surface area contributed by atoms with Crippen LogP contribution in [0, 0.1) is 0 Å². The van der Waals surface area contributed by atoms with Gasteiger partial charge in [-0.25, -0.2) is 14.5 Å². The largest absolute Gasteiger partial charge is 0.382 e.